The summed E-state index contributed by atoms with van der Waals surface area (Å²) >= 11 is 0. The predicted molar refractivity (Wildman–Crippen MR) is 49.7 cm³/mol. The maximum absolute atomic E-state index is 9.45. The van der Waals surface area contributed by atoms with Crippen LogP contribution < -0.4 is 5.32 Å². The van der Waals surface area contributed by atoms with Crippen molar-refractivity contribution < 1.29 is 5.11 Å². The van der Waals surface area contributed by atoms with E-state index in [2.05, 4.69) is 17.2 Å². The Morgan fingerprint density at radius 2 is 2.33 bits per heavy atom. The van der Waals surface area contributed by atoms with Gasteiger partial charge in [-0.15, -0.1) is 11.8 Å². The van der Waals surface area contributed by atoms with Crippen molar-refractivity contribution in [3.05, 3.63) is 0 Å². The van der Waals surface area contributed by atoms with Gasteiger partial charge in [-0.2, -0.15) is 0 Å². The van der Waals surface area contributed by atoms with Crippen LogP contribution in [0.25, 0.3) is 0 Å². The monoisotopic (exact) mass is 167 g/mol. The summed E-state index contributed by atoms with van der Waals surface area (Å²) in [6, 6.07) is 0.323. The van der Waals surface area contributed by atoms with Gasteiger partial charge >= 0.3 is 0 Å². The fourth-order valence-corrected chi connectivity index (χ4v) is 1.62. The third kappa shape index (κ3) is 2.84. The van der Waals surface area contributed by atoms with Gasteiger partial charge in [0, 0.05) is 19.0 Å². The van der Waals surface area contributed by atoms with Crippen molar-refractivity contribution in [2.45, 2.75) is 44.8 Å². The van der Waals surface area contributed by atoms with Crippen LogP contribution in [0.2, 0.25) is 0 Å². The Morgan fingerprint density at radius 3 is 2.92 bits per heavy atom. The van der Waals surface area contributed by atoms with Crippen LogP contribution in [0.3, 0.4) is 0 Å². The zero-order valence-corrected chi connectivity index (χ0v) is 7.64. The van der Waals surface area contributed by atoms with Crippen LogP contribution in [-0.2, 0) is 0 Å². The van der Waals surface area contributed by atoms with E-state index in [-0.39, 0.29) is 6.10 Å². The van der Waals surface area contributed by atoms with Crippen LogP contribution in [0.1, 0.15) is 32.6 Å². The van der Waals surface area contributed by atoms with E-state index in [1.54, 1.807) is 0 Å². The van der Waals surface area contributed by atoms with Gasteiger partial charge in [0.2, 0.25) is 0 Å². The zero-order valence-electron chi connectivity index (χ0n) is 7.64. The number of nitrogens with one attached hydrogen (secondary N) is 1. The maximum Gasteiger partial charge on any atom is 0.0693 e. The third-order valence-electron chi connectivity index (χ3n) is 2.31. The molecule has 12 heavy (non-hydrogen) atoms. The lowest BCUT2D eigenvalue weighted by Crippen LogP contribution is -2.35. The highest BCUT2D eigenvalue weighted by atomic mass is 16.3. The van der Waals surface area contributed by atoms with Crippen LogP contribution in [0, 0.1) is 11.8 Å². The summed E-state index contributed by atoms with van der Waals surface area (Å²) in [4.78, 5) is 0. The Balaban J connectivity index is 2.08. The predicted octanol–water partition coefficient (Wildman–Crippen LogP) is 0.903. The molecular formula is C10H17NO. The molecule has 0 bridgehead atoms. The molecule has 2 nitrogen and oxygen atoms in total. The number of aliphatic hydroxyl groups excluding tert-OH is 1. The molecule has 0 spiro atoms. The van der Waals surface area contributed by atoms with Gasteiger partial charge in [-0.05, 0) is 26.2 Å². The van der Waals surface area contributed by atoms with E-state index in [0.717, 1.165) is 32.2 Å². The summed E-state index contributed by atoms with van der Waals surface area (Å²) in [6.45, 7) is 2.76. The highest BCUT2D eigenvalue weighted by Crippen LogP contribution is 2.18. The second kappa shape index (κ2) is 5.18. The van der Waals surface area contributed by atoms with Gasteiger partial charge in [0.15, 0.2) is 0 Å². The molecule has 2 atom stereocenters. The van der Waals surface area contributed by atoms with Crippen LogP contribution in [0.15, 0.2) is 0 Å². The lowest BCUT2D eigenvalue weighted by Gasteiger charge is -2.14. The van der Waals surface area contributed by atoms with Crippen LogP contribution >= 0.6 is 0 Å². The zero-order chi connectivity index (χ0) is 8.81. The highest BCUT2D eigenvalue weighted by Gasteiger charge is 2.23. The van der Waals surface area contributed by atoms with E-state index in [1.807, 2.05) is 6.92 Å². The van der Waals surface area contributed by atoms with Crippen molar-refractivity contribution in [1.29, 1.82) is 0 Å². The quantitative estimate of drug-likeness (QED) is 0.483. The molecule has 0 amide bonds. The van der Waals surface area contributed by atoms with E-state index < -0.39 is 0 Å². The molecule has 0 heterocycles. The first-order valence-electron chi connectivity index (χ1n) is 4.65. The van der Waals surface area contributed by atoms with Crippen molar-refractivity contribution in [3.63, 3.8) is 0 Å². The van der Waals surface area contributed by atoms with E-state index in [1.165, 1.54) is 0 Å². The standard InChI is InChI=1S/C10H17NO/c1-2-3-4-8-11-9-6-5-7-10(9)12/h9-12H,4-8H2,1H3/t9-,10-/m0/s1. The molecule has 2 N–H and O–H groups in total. The second-order valence-corrected chi connectivity index (χ2v) is 3.24. The third-order valence-corrected chi connectivity index (χ3v) is 2.31. The Labute approximate surface area is 74.4 Å². The van der Waals surface area contributed by atoms with Gasteiger partial charge in [0.05, 0.1) is 6.10 Å². The van der Waals surface area contributed by atoms with Crippen molar-refractivity contribution in [2.75, 3.05) is 6.54 Å². The molecule has 1 saturated carbocycles. The SMILES string of the molecule is CC#CCCN[C@H]1CCC[C@@H]1O. The van der Waals surface area contributed by atoms with Gasteiger partial charge < -0.3 is 10.4 Å². The van der Waals surface area contributed by atoms with Gasteiger partial charge in [-0.25, -0.2) is 0 Å². The van der Waals surface area contributed by atoms with Gasteiger partial charge in [-0.3, -0.25) is 0 Å². The molecule has 0 aromatic heterocycles. The normalized spacial score (nSPS) is 28.2. The number of aliphatic hydroxyl groups is 1. The molecule has 1 aliphatic rings. The molecule has 0 aromatic rings. The smallest absolute Gasteiger partial charge is 0.0693 e. The largest absolute Gasteiger partial charge is 0.392 e. The summed E-state index contributed by atoms with van der Waals surface area (Å²) < 4.78 is 0. The molecule has 0 aliphatic heterocycles. The fraction of sp³-hybridized carbons (Fsp3) is 0.800. The summed E-state index contributed by atoms with van der Waals surface area (Å²) in [5.41, 5.74) is 0. The maximum atomic E-state index is 9.45. The summed E-state index contributed by atoms with van der Waals surface area (Å²) in [7, 11) is 0. The van der Waals surface area contributed by atoms with Gasteiger partial charge in [0.25, 0.3) is 0 Å². The van der Waals surface area contributed by atoms with E-state index in [0.29, 0.717) is 6.04 Å². The lowest BCUT2D eigenvalue weighted by molar-refractivity contribution is 0.150. The molecule has 1 fully saturated rings. The Bertz CT molecular complexity index is 180. The van der Waals surface area contributed by atoms with E-state index in [4.69, 9.17) is 0 Å². The molecule has 0 radical (unpaired) electrons. The minimum Gasteiger partial charge on any atom is -0.392 e. The summed E-state index contributed by atoms with van der Waals surface area (Å²) in [5, 5.41) is 12.8. The van der Waals surface area contributed by atoms with E-state index in [9.17, 15) is 5.11 Å². The van der Waals surface area contributed by atoms with Crippen LogP contribution in [0.4, 0.5) is 0 Å². The average Bonchev–Trinajstić information content (AvgIpc) is 2.46. The molecule has 0 unspecified atom stereocenters. The highest BCUT2D eigenvalue weighted by molar-refractivity contribution is 4.95. The van der Waals surface area contributed by atoms with Gasteiger partial charge in [-0.1, -0.05) is 0 Å². The first-order valence-corrected chi connectivity index (χ1v) is 4.65. The molecule has 2 heteroatoms. The van der Waals surface area contributed by atoms with E-state index >= 15 is 0 Å². The topological polar surface area (TPSA) is 32.3 Å². The van der Waals surface area contributed by atoms with Crippen LogP contribution in [-0.4, -0.2) is 23.8 Å². The molecule has 68 valence electrons. The lowest BCUT2D eigenvalue weighted by atomic mass is 10.2. The second-order valence-electron chi connectivity index (χ2n) is 3.24. The first kappa shape index (κ1) is 9.57. The number of hydrogen-bond donors (Lipinski definition) is 2. The Kier molecular flexibility index (Phi) is 4.13. The average molecular weight is 167 g/mol. The van der Waals surface area contributed by atoms with Crippen LogP contribution in [0.5, 0.6) is 0 Å². The Morgan fingerprint density at radius 1 is 1.50 bits per heavy atom. The van der Waals surface area contributed by atoms with Crippen molar-refractivity contribution in [1.82, 2.24) is 5.32 Å². The van der Waals surface area contributed by atoms with Crippen molar-refractivity contribution in [3.8, 4) is 11.8 Å². The van der Waals surface area contributed by atoms with Crippen molar-refractivity contribution in [2.24, 2.45) is 0 Å². The Hall–Kier alpha value is -0.520. The molecule has 1 aliphatic carbocycles. The first-order chi connectivity index (χ1) is 5.84. The fourth-order valence-electron chi connectivity index (χ4n) is 1.62. The minimum atomic E-state index is -0.125. The number of hydrogen-bond acceptors (Lipinski definition) is 2. The summed E-state index contributed by atoms with van der Waals surface area (Å²) in [5.74, 6) is 5.84. The number of rotatable bonds is 3. The molecular weight excluding hydrogens is 150 g/mol. The van der Waals surface area contributed by atoms with Crippen molar-refractivity contribution >= 4 is 0 Å². The molecule has 0 aromatic carbocycles. The molecule has 1 rings (SSSR count). The van der Waals surface area contributed by atoms with Gasteiger partial charge in [0.1, 0.15) is 0 Å². The molecule has 0 saturated heterocycles. The summed E-state index contributed by atoms with van der Waals surface area (Å²) in [6.07, 6.45) is 3.98. The minimum absolute atomic E-state index is 0.125.